The lowest BCUT2D eigenvalue weighted by Gasteiger charge is -2.43. The average molecular weight is 394 g/mol. The monoisotopic (exact) mass is 393 g/mol. The molecule has 0 saturated carbocycles. The number of amides is 1. The van der Waals surface area contributed by atoms with Crippen LogP contribution in [0, 0.1) is 18.3 Å². The molecule has 0 N–H and O–H groups in total. The van der Waals surface area contributed by atoms with Crippen LogP contribution in [0.15, 0.2) is 23.8 Å². The zero-order valence-corrected chi connectivity index (χ0v) is 18.2. The number of hydrogen-bond donors (Lipinski definition) is 0. The molecule has 1 saturated heterocycles. The molecule has 5 nitrogen and oxygen atoms in total. The second-order valence-electron chi connectivity index (χ2n) is 8.43. The van der Waals surface area contributed by atoms with Gasteiger partial charge in [0.15, 0.2) is 0 Å². The number of nitriles is 1. The van der Waals surface area contributed by atoms with Crippen LogP contribution >= 0.6 is 0 Å². The van der Waals surface area contributed by atoms with Crippen molar-refractivity contribution in [2.45, 2.75) is 46.6 Å². The summed E-state index contributed by atoms with van der Waals surface area (Å²) in [5, 5.41) is 9.63. The highest BCUT2D eigenvalue weighted by molar-refractivity contribution is 6.02. The number of carbonyl (C=O) groups is 1. The first-order valence-corrected chi connectivity index (χ1v) is 10.4. The highest BCUT2D eigenvalue weighted by Gasteiger charge is 2.31. The molecule has 1 aromatic carbocycles. The van der Waals surface area contributed by atoms with E-state index in [2.05, 4.69) is 56.9 Å². The standard InChI is InChI=1S/C24H31N3O2/c1-6-7-27-22-12-17(2)19(14-21(22)18(3)15-24(27,4)5)13-20(16-25)23(28)26-8-10-29-11-9-26/h12-15H,6-11H2,1-5H3/b20-13+. The van der Waals surface area contributed by atoms with Crippen LogP contribution in [-0.4, -0.2) is 49.2 Å². The number of anilines is 1. The summed E-state index contributed by atoms with van der Waals surface area (Å²) in [4.78, 5) is 16.9. The van der Waals surface area contributed by atoms with Crippen molar-refractivity contribution in [1.82, 2.24) is 4.90 Å². The minimum atomic E-state index is -0.214. The second-order valence-corrected chi connectivity index (χ2v) is 8.43. The van der Waals surface area contributed by atoms with Crippen molar-refractivity contribution in [3.05, 3.63) is 40.5 Å². The molecule has 0 spiro atoms. The van der Waals surface area contributed by atoms with Crippen molar-refractivity contribution in [2.24, 2.45) is 0 Å². The molecule has 0 unspecified atom stereocenters. The Morgan fingerprint density at radius 1 is 1.28 bits per heavy atom. The average Bonchev–Trinajstić information content (AvgIpc) is 2.69. The van der Waals surface area contributed by atoms with E-state index in [9.17, 15) is 10.1 Å². The molecule has 0 bridgehead atoms. The maximum Gasteiger partial charge on any atom is 0.264 e. The number of ether oxygens (including phenoxy) is 1. The van der Waals surface area contributed by atoms with Crippen molar-refractivity contribution in [2.75, 3.05) is 37.7 Å². The van der Waals surface area contributed by atoms with Gasteiger partial charge < -0.3 is 14.5 Å². The number of benzene rings is 1. The van der Waals surface area contributed by atoms with Gasteiger partial charge in [-0.15, -0.1) is 0 Å². The van der Waals surface area contributed by atoms with Gasteiger partial charge in [-0.3, -0.25) is 4.79 Å². The van der Waals surface area contributed by atoms with Gasteiger partial charge in [-0.1, -0.05) is 13.0 Å². The second kappa shape index (κ2) is 8.42. The van der Waals surface area contributed by atoms with E-state index in [4.69, 9.17) is 4.74 Å². The molecule has 0 aromatic heterocycles. The van der Waals surface area contributed by atoms with Gasteiger partial charge in [-0.25, -0.2) is 0 Å². The quantitative estimate of drug-likeness (QED) is 0.569. The minimum absolute atomic E-state index is 0.0407. The summed E-state index contributed by atoms with van der Waals surface area (Å²) in [7, 11) is 0. The van der Waals surface area contributed by atoms with Gasteiger partial charge in [0.25, 0.3) is 5.91 Å². The SMILES string of the molecule is CCCN1c2cc(C)c(/C=C(\C#N)C(=O)N3CCOCC3)cc2C(C)=CC1(C)C. The number of aryl methyl sites for hydroxylation is 1. The van der Waals surface area contributed by atoms with Crippen molar-refractivity contribution in [3.8, 4) is 6.07 Å². The molecule has 0 aliphatic carbocycles. The number of hydrogen-bond acceptors (Lipinski definition) is 4. The summed E-state index contributed by atoms with van der Waals surface area (Å²) in [5.41, 5.74) is 5.75. The molecule has 3 rings (SSSR count). The molecule has 1 fully saturated rings. The van der Waals surface area contributed by atoms with Crippen LogP contribution in [-0.2, 0) is 9.53 Å². The lowest BCUT2D eigenvalue weighted by Crippen LogP contribution is -2.45. The summed E-state index contributed by atoms with van der Waals surface area (Å²) < 4.78 is 5.31. The van der Waals surface area contributed by atoms with Crippen LogP contribution in [0.2, 0.25) is 0 Å². The highest BCUT2D eigenvalue weighted by Crippen LogP contribution is 2.40. The number of rotatable bonds is 4. The molecule has 29 heavy (non-hydrogen) atoms. The topological polar surface area (TPSA) is 56.6 Å². The molecule has 1 aromatic rings. The Hall–Kier alpha value is -2.58. The minimum Gasteiger partial charge on any atom is -0.378 e. The normalized spacial score (nSPS) is 18.8. The zero-order chi connectivity index (χ0) is 21.2. The van der Waals surface area contributed by atoms with Gasteiger partial charge in [0.2, 0.25) is 0 Å². The number of fused-ring (bicyclic) bond motifs is 1. The number of allylic oxidation sites excluding steroid dienone is 1. The summed E-state index contributed by atoms with van der Waals surface area (Å²) in [6.45, 7) is 14.0. The number of morpholine rings is 1. The largest absolute Gasteiger partial charge is 0.378 e. The van der Waals surface area contributed by atoms with Gasteiger partial charge in [-0.05, 0) is 69.0 Å². The van der Waals surface area contributed by atoms with Gasteiger partial charge in [0, 0.05) is 30.9 Å². The van der Waals surface area contributed by atoms with Gasteiger partial charge in [-0.2, -0.15) is 5.26 Å². The predicted octanol–water partition coefficient (Wildman–Crippen LogP) is 4.17. The zero-order valence-electron chi connectivity index (χ0n) is 18.2. The molecule has 0 radical (unpaired) electrons. The van der Waals surface area contributed by atoms with Crippen molar-refractivity contribution in [1.29, 1.82) is 5.26 Å². The van der Waals surface area contributed by atoms with E-state index < -0.39 is 0 Å². The van der Waals surface area contributed by atoms with E-state index in [0.29, 0.717) is 26.3 Å². The van der Waals surface area contributed by atoms with Crippen molar-refractivity contribution >= 4 is 23.2 Å². The van der Waals surface area contributed by atoms with E-state index in [0.717, 1.165) is 24.1 Å². The molecule has 0 atom stereocenters. The Balaban J connectivity index is 2.01. The molecule has 1 amide bonds. The van der Waals surface area contributed by atoms with E-state index in [-0.39, 0.29) is 17.0 Å². The molecular formula is C24H31N3O2. The molecular weight excluding hydrogens is 362 g/mol. The van der Waals surface area contributed by atoms with Crippen LogP contribution in [0.1, 0.15) is 50.8 Å². The number of nitrogens with zero attached hydrogens (tertiary/aromatic N) is 3. The maximum absolute atomic E-state index is 12.8. The van der Waals surface area contributed by atoms with E-state index >= 15 is 0 Å². The Bertz CT molecular complexity index is 899. The van der Waals surface area contributed by atoms with E-state index in [1.54, 1.807) is 11.0 Å². The first-order valence-electron chi connectivity index (χ1n) is 10.4. The van der Waals surface area contributed by atoms with Crippen molar-refractivity contribution in [3.63, 3.8) is 0 Å². The first kappa shape index (κ1) is 21.1. The van der Waals surface area contributed by atoms with Crippen LogP contribution in [0.4, 0.5) is 5.69 Å². The fraction of sp³-hybridized carbons (Fsp3) is 0.500. The van der Waals surface area contributed by atoms with Crippen LogP contribution in [0.25, 0.3) is 11.6 Å². The highest BCUT2D eigenvalue weighted by atomic mass is 16.5. The predicted molar refractivity (Wildman–Crippen MR) is 118 cm³/mol. The Labute approximate surface area is 174 Å². The van der Waals surface area contributed by atoms with Crippen molar-refractivity contribution < 1.29 is 9.53 Å². The third kappa shape index (κ3) is 4.23. The number of carbonyl (C=O) groups excluding carboxylic acids is 1. The Kier molecular flexibility index (Phi) is 6.14. The lowest BCUT2D eigenvalue weighted by molar-refractivity contribution is -0.130. The van der Waals surface area contributed by atoms with Crippen LogP contribution in [0.5, 0.6) is 0 Å². The van der Waals surface area contributed by atoms with Gasteiger partial charge >= 0.3 is 0 Å². The Morgan fingerprint density at radius 2 is 1.97 bits per heavy atom. The Morgan fingerprint density at radius 3 is 2.59 bits per heavy atom. The summed E-state index contributed by atoms with van der Waals surface area (Å²) in [6, 6.07) is 6.43. The third-order valence-corrected chi connectivity index (χ3v) is 5.76. The first-order chi connectivity index (χ1) is 13.8. The summed E-state index contributed by atoms with van der Waals surface area (Å²) in [6.07, 6.45) is 5.12. The lowest BCUT2D eigenvalue weighted by atomic mass is 9.86. The van der Waals surface area contributed by atoms with E-state index in [1.807, 2.05) is 6.92 Å². The van der Waals surface area contributed by atoms with Crippen LogP contribution < -0.4 is 4.90 Å². The molecule has 2 aliphatic heterocycles. The summed E-state index contributed by atoms with van der Waals surface area (Å²) in [5.74, 6) is -0.214. The van der Waals surface area contributed by atoms with Gasteiger partial charge in [0.1, 0.15) is 11.6 Å². The molecule has 5 heteroatoms. The summed E-state index contributed by atoms with van der Waals surface area (Å²) >= 11 is 0. The fourth-order valence-electron chi connectivity index (χ4n) is 4.27. The van der Waals surface area contributed by atoms with Crippen LogP contribution in [0.3, 0.4) is 0 Å². The maximum atomic E-state index is 12.8. The smallest absolute Gasteiger partial charge is 0.264 e. The van der Waals surface area contributed by atoms with E-state index in [1.165, 1.54) is 16.8 Å². The molecule has 2 aliphatic rings. The molecule has 2 heterocycles. The fourth-order valence-corrected chi connectivity index (χ4v) is 4.27. The van der Waals surface area contributed by atoms with Gasteiger partial charge in [0.05, 0.1) is 18.8 Å². The third-order valence-electron chi connectivity index (χ3n) is 5.76. The molecule has 154 valence electrons.